The highest BCUT2D eigenvalue weighted by atomic mass is 35.5. The number of aromatic nitrogens is 2. The van der Waals surface area contributed by atoms with Crippen LogP contribution in [-0.4, -0.2) is 9.97 Å². The van der Waals surface area contributed by atoms with Gasteiger partial charge in [-0.3, -0.25) is 0 Å². The highest BCUT2D eigenvalue weighted by Crippen LogP contribution is 2.36. The second-order valence-corrected chi connectivity index (χ2v) is 7.11. The van der Waals surface area contributed by atoms with Gasteiger partial charge in [0.15, 0.2) is 5.82 Å². The van der Waals surface area contributed by atoms with Gasteiger partial charge in [0.05, 0.1) is 0 Å². The highest BCUT2D eigenvalue weighted by Gasteiger charge is 2.21. The first-order valence-corrected chi connectivity index (χ1v) is 9.38. The second kappa shape index (κ2) is 8.43. The van der Waals surface area contributed by atoms with E-state index in [4.69, 9.17) is 11.6 Å². The van der Waals surface area contributed by atoms with Crippen LogP contribution in [0.25, 0.3) is 11.4 Å². The number of rotatable bonds is 5. The first-order valence-electron chi connectivity index (χ1n) is 9.01. The number of hydrogen-bond acceptors (Lipinski definition) is 2. The van der Waals surface area contributed by atoms with Crippen molar-refractivity contribution in [3.63, 3.8) is 0 Å². The average Bonchev–Trinajstić information content (AvgIpc) is 2.63. The Bertz CT molecular complexity index is 653. The number of halogens is 1. The Morgan fingerprint density at radius 1 is 1.04 bits per heavy atom. The number of unbranched alkanes of at least 4 members (excludes halogenated alkanes) is 1. The Morgan fingerprint density at radius 2 is 1.71 bits per heavy atom. The molecule has 0 N–H and O–H groups in total. The molecule has 3 rings (SSSR count). The summed E-state index contributed by atoms with van der Waals surface area (Å²) >= 11 is 5.93. The molecular formula is C21H25ClN2. The van der Waals surface area contributed by atoms with Crippen LogP contribution in [0.1, 0.15) is 56.9 Å². The van der Waals surface area contributed by atoms with Crippen LogP contribution in [0, 0.1) is 5.92 Å². The third-order valence-electron chi connectivity index (χ3n) is 4.88. The van der Waals surface area contributed by atoms with Crippen molar-refractivity contribution in [2.45, 2.75) is 51.4 Å². The van der Waals surface area contributed by atoms with Crippen molar-refractivity contribution in [1.82, 2.24) is 9.97 Å². The largest absolute Gasteiger partial charge is 0.236 e. The van der Waals surface area contributed by atoms with Gasteiger partial charge in [-0.15, -0.1) is 0 Å². The van der Waals surface area contributed by atoms with Gasteiger partial charge in [0.1, 0.15) is 0 Å². The zero-order valence-electron chi connectivity index (χ0n) is 14.3. The summed E-state index contributed by atoms with van der Waals surface area (Å²) in [6.45, 7) is 2.23. The van der Waals surface area contributed by atoms with Gasteiger partial charge in [-0.05, 0) is 73.8 Å². The highest BCUT2D eigenvalue weighted by molar-refractivity contribution is 6.30. The molecule has 24 heavy (non-hydrogen) atoms. The van der Waals surface area contributed by atoms with Crippen LogP contribution >= 0.6 is 11.6 Å². The van der Waals surface area contributed by atoms with Crippen molar-refractivity contribution in [2.75, 3.05) is 0 Å². The molecule has 2 nitrogen and oxygen atoms in total. The maximum Gasteiger partial charge on any atom is 0.159 e. The molecule has 0 amide bonds. The molecule has 0 bridgehead atoms. The summed E-state index contributed by atoms with van der Waals surface area (Å²) in [7, 11) is 0. The second-order valence-electron chi connectivity index (χ2n) is 6.68. The fraction of sp³-hybridized carbons (Fsp3) is 0.429. The Labute approximate surface area is 150 Å². The van der Waals surface area contributed by atoms with E-state index in [1.807, 2.05) is 36.7 Å². The normalized spacial score (nSPS) is 21.2. The molecule has 1 aromatic carbocycles. The van der Waals surface area contributed by atoms with Gasteiger partial charge in [0, 0.05) is 23.0 Å². The van der Waals surface area contributed by atoms with Crippen LogP contribution in [0.15, 0.2) is 48.8 Å². The predicted octanol–water partition coefficient (Wildman–Crippen LogP) is 6.43. The third kappa shape index (κ3) is 4.45. The minimum absolute atomic E-state index is 0.611. The van der Waals surface area contributed by atoms with Crippen molar-refractivity contribution in [3.05, 3.63) is 59.4 Å². The number of hydrogen-bond donors (Lipinski definition) is 0. The zero-order chi connectivity index (χ0) is 16.8. The molecule has 0 saturated heterocycles. The molecule has 0 radical (unpaired) electrons. The lowest BCUT2D eigenvalue weighted by atomic mass is 9.79. The van der Waals surface area contributed by atoms with Crippen LogP contribution in [-0.2, 0) is 0 Å². The molecule has 126 valence electrons. The van der Waals surface area contributed by atoms with E-state index in [1.54, 1.807) is 0 Å². The molecule has 0 aliphatic heterocycles. The van der Waals surface area contributed by atoms with E-state index in [2.05, 4.69) is 29.0 Å². The first kappa shape index (κ1) is 17.2. The van der Waals surface area contributed by atoms with Crippen molar-refractivity contribution in [2.24, 2.45) is 5.92 Å². The number of allylic oxidation sites excluding steroid dienone is 2. The summed E-state index contributed by atoms with van der Waals surface area (Å²) in [5.41, 5.74) is 2.29. The quantitative estimate of drug-likeness (QED) is 0.586. The fourth-order valence-corrected chi connectivity index (χ4v) is 3.52. The van der Waals surface area contributed by atoms with Crippen LogP contribution < -0.4 is 0 Å². The lowest BCUT2D eigenvalue weighted by Crippen LogP contribution is -2.12. The average molecular weight is 341 g/mol. The summed E-state index contributed by atoms with van der Waals surface area (Å²) < 4.78 is 0. The molecule has 0 atom stereocenters. The van der Waals surface area contributed by atoms with Gasteiger partial charge < -0.3 is 0 Å². The van der Waals surface area contributed by atoms with Gasteiger partial charge in [-0.1, -0.05) is 37.1 Å². The van der Waals surface area contributed by atoms with Gasteiger partial charge in [0.25, 0.3) is 0 Å². The van der Waals surface area contributed by atoms with Crippen LogP contribution in [0.5, 0.6) is 0 Å². The van der Waals surface area contributed by atoms with E-state index in [-0.39, 0.29) is 0 Å². The molecule has 1 aromatic heterocycles. The predicted molar refractivity (Wildman–Crippen MR) is 101 cm³/mol. The van der Waals surface area contributed by atoms with E-state index in [0.717, 1.165) is 22.3 Å². The summed E-state index contributed by atoms with van der Waals surface area (Å²) in [6, 6.07) is 7.68. The maximum absolute atomic E-state index is 5.93. The summed E-state index contributed by atoms with van der Waals surface area (Å²) in [4.78, 5) is 9.13. The van der Waals surface area contributed by atoms with E-state index < -0.39 is 0 Å². The van der Waals surface area contributed by atoms with Gasteiger partial charge in [-0.25, -0.2) is 9.97 Å². The van der Waals surface area contributed by atoms with Gasteiger partial charge in [-0.2, -0.15) is 0 Å². The third-order valence-corrected chi connectivity index (χ3v) is 5.13. The first-order chi connectivity index (χ1) is 11.8. The lowest BCUT2D eigenvalue weighted by Gasteiger charge is -2.26. The Balaban J connectivity index is 1.59. The Morgan fingerprint density at radius 3 is 2.33 bits per heavy atom. The summed E-state index contributed by atoms with van der Waals surface area (Å²) in [6.07, 6.45) is 16.3. The molecule has 1 aliphatic rings. The van der Waals surface area contributed by atoms with E-state index in [1.165, 1.54) is 44.1 Å². The van der Waals surface area contributed by atoms with Crippen molar-refractivity contribution < 1.29 is 0 Å². The number of nitrogens with zero attached hydrogens (tertiary/aromatic N) is 2. The molecule has 1 aliphatic carbocycles. The van der Waals surface area contributed by atoms with Crippen LogP contribution in [0.2, 0.25) is 5.02 Å². The minimum atomic E-state index is 0.611. The zero-order valence-corrected chi connectivity index (χ0v) is 15.0. The molecule has 1 heterocycles. The topological polar surface area (TPSA) is 25.8 Å². The lowest BCUT2D eigenvalue weighted by molar-refractivity contribution is 0.374. The van der Waals surface area contributed by atoms with Crippen LogP contribution in [0.4, 0.5) is 0 Å². The van der Waals surface area contributed by atoms with Crippen molar-refractivity contribution >= 4 is 11.6 Å². The maximum atomic E-state index is 5.93. The standard InChI is InChI=1S/C21H25ClN2/c1-2-3-4-5-16-6-8-17(9-7-16)19-14-23-21(24-15-19)18-10-12-20(22)13-11-18/h4-5,10-17H,2-3,6-9H2,1H3/t16-,17-. The minimum Gasteiger partial charge on any atom is -0.236 e. The Kier molecular flexibility index (Phi) is 6.03. The summed E-state index contributed by atoms with van der Waals surface area (Å²) in [5.74, 6) is 2.15. The molecule has 1 fully saturated rings. The summed E-state index contributed by atoms with van der Waals surface area (Å²) in [5, 5.41) is 0.736. The van der Waals surface area contributed by atoms with E-state index in [0.29, 0.717) is 5.92 Å². The molecule has 1 saturated carbocycles. The molecule has 3 heteroatoms. The molecule has 2 aromatic rings. The molecule has 0 unspecified atom stereocenters. The van der Waals surface area contributed by atoms with Gasteiger partial charge in [0.2, 0.25) is 0 Å². The Hall–Kier alpha value is -1.67. The van der Waals surface area contributed by atoms with Crippen molar-refractivity contribution in [3.8, 4) is 11.4 Å². The number of benzene rings is 1. The van der Waals surface area contributed by atoms with E-state index in [9.17, 15) is 0 Å². The van der Waals surface area contributed by atoms with Crippen LogP contribution in [0.3, 0.4) is 0 Å². The van der Waals surface area contributed by atoms with Gasteiger partial charge >= 0.3 is 0 Å². The smallest absolute Gasteiger partial charge is 0.159 e. The fourth-order valence-electron chi connectivity index (χ4n) is 3.40. The molecule has 0 spiro atoms. The SMILES string of the molecule is CCCC=C[C@H]1CC[C@H](c2cnc(-c3ccc(Cl)cc3)nc2)CC1. The van der Waals surface area contributed by atoms with Crippen molar-refractivity contribution in [1.29, 1.82) is 0 Å². The van der Waals surface area contributed by atoms with E-state index >= 15 is 0 Å². The molecular weight excluding hydrogens is 316 g/mol. The monoisotopic (exact) mass is 340 g/mol.